The zero-order chi connectivity index (χ0) is 27.4. The van der Waals surface area contributed by atoms with Gasteiger partial charge in [0.05, 0.1) is 33.0 Å². The molecule has 0 saturated heterocycles. The third-order valence-electron chi connectivity index (χ3n) is 6.69. The summed E-state index contributed by atoms with van der Waals surface area (Å²) in [7, 11) is 3.26. The molecule has 3 aromatic rings. The van der Waals surface area contributed by atoms with Crippen LogP contribution < -0.4 is 20.5 Å². The Morgan fingerprint density at radius 3 is 1.84 bits per heavy atom. The van der Waals surface area contributed by atoms with Crippen molar-refractivity contribution in [2.24, 2.45) is 5.73 Å². The van der Waals surface area contributed by atoms with Crippen LogP contribution in [0.4, 0.5) is 0 Å². The van der Waals surface area contributed by atoms with Crippen molar-refractivity contribution >= 4 is 5.91 Å². The molecular formula is C31H40N2O5. The largest absolute Gasteiger partial charge is 0.497 e. The fourth-order valence-electron chi connectivity index (χ4n) is 4.48. The first kappa shape index (κ1) is 29.2. The maximum absolute atomic E-state index is 12.7. The van der Waals surface area contributed by atoms with Gasteiger partial charge in [-0.1, -0.05) is 61.0 Å². The first-order valence-electron chi connectivity index (χ1n) is 13.1. The van der Waals surface area contributed by atoms with E-state index in [0.29, 0.717) is 13.0 Å². The number of aliphatic hydroxyl groups excluding tert-OH is 1. The van der Waals surface area contributed by atoms with Crippen molar-refractivity contribution in [2.75, 3.05) is 27.4 Å². The van der Waals surface area contributed by atoms with E-state index < -0.39 is 17.7 Å². The second-order valence-electron chi connectivity index (χ2n) is 9.33. The van der Waals surface area contributed by atoms with E-state index in [1.807, 2.05) is 78.9 Å². The number of hydrogen-bond acceptors (Lipinski definition) is 6. The number of carbonyl (C=O) groups is 1. The predicted octanol–water partition coefficient (Wildman–Crippen LogP) is 4.40. The summed E-state index contributed by atoms with van der Waals surface area (Å²) in [6.45, 7) is 2.36. The third kappa shape index (κ3) is 7.34. The summed E-state index contributed by atoms with van der Waals surface area (Å²) in [5.41, 5.74) is 7.20. The Morgan fingerprint density at radius 2 is 1.37 bits per heavy atom. The molecule has 7 heteroatoms. The molecule has 204 valence electrons. The summed E-state index contributed by atoms with van der Waals surface area (Å²) < 4.78 is 17.6. The lowest BCUT2D eigenvalue weighted by Gasteiger charge is -2.37. The van der Waals surface area contributed by atoms with Crippen LogP contribution in [0.1, 0.15) is 49.3 Å². The number of ether oxygens (including phenoxy) is 3. The predicted molar refractivity (Wildman–Crippen MR) is 149 cm³/mol. The van der Waals surface area contributed by atoms with Crippen LogP contribution in [0.5, 0.6) is 11.5 Å². The van der Waals surface area contributed by atoms with Crippen LogP contribution in [-0.2, 0) is 15.1 Å². The highest BCUT2D eigenvalue weighted by Crippen LogP contribution is 2.41. The number of carbonyl (C=O) groups excluding carboxylic acids is 1. The molecule has 2 unspecified atom stereocenters. The standard InChI is InChI=1S/C31H40N2O5/c1-23(34)29(33-30(35)12-8-5-9-21-32)22-38-31(24-10-6-4-7-11-24,25-13-17-27(36-2)18-14-25)26-15-19-28(37-3)20-16-26/h4,6-7,10-11,13-20,23,29,34H,5,8-9,12,21-22,32H2,1-3H3,(H,33,35). The van der Waals surface area contributed by atoms with Gasteiger partial charge in [0.15, 0.2) is 0 Å². The molecule has 0 fully saturated rings. The van der Waals surface area contributed by atoms with E-state index >= 15 is 0 Å². The van der Waals surface area contributed by atoms with Gasteiger partial charge in [-0.2, -0.15) is 0 Å². The fourth-order valence-corrected chi connectivity index (χ4v) is 4.48. The van der Waals surface area contributed by atoms with E-state index in [1.54, 1.807) is 21.1 Å². The first-order chi connectivity index (χ1) is 18.4. The maximum Gasteiger partial charge on any atom is 0.220 e. The van der Waals surface area contributed by atoms with E-state index in [1.165, 1.54) is 0 Å². The molecule has 0 aliphatic carbocycles. The normalized spacial score (nSPS) is 13.0. The first-order valence-corrected chi connectivity index (χ1v) is 13.1. The van der Waals surface area contributed by atoms with Crippen LogP contribution >= 0.6 is 0 Å². The highest BCUT2D eigenvalue weighted by Gasteiger charge is 2.39. The number of nitrogens with two attached hydrogens (primary N) is 1. The van der Waals surface area contributed by atoms with Gasteiger partial charge in [-0.15, -0.1) is 0 Å². The Bertz CT molecular complexity index is 1050. The molecule has 0 aromatic heterocycles. The molecule has 38 heavy (non-hydrogen) atoms. The van der Waals surface area contributed by atoms with Crippen molar-refractivity contribution in [1.82, 2.24) is 5.32 Å². The SMILES string of the molecule is COc1ccc(C(OCC(NC(=O)CCCCCN)C(C)O)(c2ccccc2)c2ccc(OC)cc2)cc1. The molecule has 3 aromatic carbocycles. The summed E-state index contributed by atoms with van der Waals surface area (Å²) in [5, 5.41) is 13.5. The van der Waals surface area contributed by atoms with Gasteiger partial charge >= 0.3 is 0 Å². The zero-order valence-electron chi connectivity index (χ0n) is 22.6. The lowest BCUT2D eigenvalue weighted by molar-refractivity contribution is -0.124. The van der Waals surface area contributed by atoms with Crippen molar-refractivity contribution < 1.29 is 24.1 Å². The lowest BCUT2D eigenvalue weighted by Crippen LogP contribution is -2.47. The van der Waals surface area contributed by atoms with Gasteiger partial charge in [0, 0.05) is 6.42 Å². The smallest absolute Gasteiger partial charge is 0.220 e. The highest BCUT2D eigenvalue weighted by atomic mass is 16.5. The van der Waals surface area contributed by atoms with Crippen molar-refractivity contribution in [1.29, 1.82) is 0 Å². The maximum atomic E-state index is 12.7. The second-order valence-corrected chi connectivity index (χ2v) is 9.33. The van der Waals surface area contributed by atoms with Crippen LogP contribution in [0.2, 0.25) is 0 Å². The molecule has 3 rings (SSSR count). The third-order valence-corrected chi connectivity index (χ3v) is 6.69. The van der Waals surface area contributed by atoms with E-state index in [9.17, 15) is 9.90 Å². The van der Waals surface area contributed by atoms with Crippen molar-refractivity contribution in [3.05, 3.63) is 95.6 Å². The van der Waals surface area contributed by atoms with E-state index in [4.69, 9.17) is 19.9 Å². The number of methoxy groups -OCH3 is 2. The van der Waals surface area contributed by atoms with Crippen molar-refractivity contribution in [3.8, 4) is 11.5 Å². The average Bonchev–Trinajstić information content (AvgIpc) is 2.96. The number of aliphatic hydroxyl groups is 1. The fraction of sp³-hybridized carbons (Fsp3) is 0.387. The van der Waals surface area contributed by atoms with Crippen LogP contribution in [0.3, 0.4) is 0 Å². The molecule has 0 spiro atoms. The lowest BCUT2D eigenvalue weighted by atomic mass is 9.80. The van der Waals surface area contributed by atoms with Crippen LogP contribution in [-0.4, -0.2) is 50.5 Å². The quantitative estimate of drug-likeness (QED) is 0.203. The van der Waals surface area contributed by atoms with Gasteiger partial charge in [0.25, 0.3) is 0 Å². The molecule has 0 radical (unpaired) electrons. The number of benzene rings is 3. The van der Waals surface area contributed by atoms with Gasteiger partial charge in [0.1, 0.15) is 17.1 Å². The van der Waals surface area contributed by atoms with Gasteiger partial charge in [-0.25, -0.2) is 0 Å². The average molecular weight is 521 g/mol. The number of hydrogen-bond donors (Lipinski definition) is 3. The highest BCUT2D eigenvalue weighted by molar-refractivity contribution is 5.76. The summed E-state index contributed by atoms with van der Waals surface area (Å²) in [5.74, 6) is 1.35. The minimum Gasteiger partial charge on any atom is -0.497 e. The summed E-state index contributed by atoms with van der Waals surface area (Å²) >= 11 is 0. The molecule has 7 nitrogen and oxygen atoms in total. The van der Waals surface area contributed by atoms with Crippen molar-refractivity contribution in [2.45, 2.75) is 50.4 Å². The Hall–Kier alpha value is -3.39. The molecule has 0 bridgehead atoms. The Kier molecular flexibility index (Phi) is 11.1. The monoisotopic (exact) mass is 520 g/mol. The Balaban J connectivity index is 2.00. The number of rotatable bonds is 15. The van der Waals surface area contributed by atoms with E-state index in [0.717, 1.165) is 47.5 Å². The number of nitrogens with one attached hydrogen (secondary N) is 1. The molecule has 0 aliphatic heterocycles. The summed E-state index contributed by atoms with van der Waals surface area (Å²) in [6.07, 6.45) is 2.10. The molecule has 0 heterocycles. The molecule has 4 N–H and O–H groups in total. The zero-order valence-corrected chi connectivity index (χ0v) is 22.6. The summed E-state index contributed by atoms with van der Waals surface area (Å²) in [6, 6.07) is 24.8. The van der Waals surface area contributed by atoms with Gasteiger partial charge in [-0.05, 0) is 67.3 Å². The van der Waals surface area contributed by atoms with Gasteiger partial charge < -0.3 is 30.4 Å². The Morgan fingerprint density at radius 1 is 0.842 bits per heavy atom. The topological polar surface area (TPSA) is 103 Å². The van der Waals surface area contributed by atoms with E-state index in [2.05, 4.69) is 5.32 Å². The molecular weight excluding hydrogens is 480 g/mol. The molecule has 0 aliphatic rings. The van der Waals surface area contributed by atoms with Crippen LogP contribution in [0.25, 0.3) is 0 Å². The minimum absolute atomic E-state index is 0.0825. The number of unbranched alkanes of at least 4 members (excludes halogenated alkanes) is 2. The van der Waals surface area contributed by atoms with Crippen molar-refractivity contribution in [3.63, 3.8) is 0 Å². The van der Waals surface area contributed by atoms with E-state index in [-0.39, 0.29) is 12.5 Å². The van der Waals surface area contributed by atoms with Gasteiger partial charge in [-0.3, -0.25) is 4.79 Å². The van der Waals surface area contributed by atoms with Gasteiger partial charge in [0.2, 0.25) is 5.91 Å². The minimum atomic E-state index is -1.03. The number of amides is 1. The van der Waals surface area contributed by atoms with Crippen LogP contribution in [0.15, 0.2) is 78.9 Å². The Labute approximate surface area is 225 Å². The molecule has 2 atom stereocenters. The molecule has 1 amide bonds. The second kappa shape index (κ2) is 14.5. The summed E-state index contributed by atoms with van der Waals surface area (Å²) in [4.78, 5) is 12.7. The molecule has 0 saturated carbocycles. The van der Waals surface area contributed by atoms with Crippen LogP contribution in [0, 0.1) is 0 Å².